The zero-order chi connectivity index (χ0) is 10.4. The minimum absolute atomic E-state index is 0.114. The fraction of sp³-hybridized carbons (Fsp3) is 1.00. The average Bonchev–Trinajstić information content (AvgIpc) is 2.45. The van der Waals surface area contributed by atoms with E-state index in [2.05, 4.69) is 11.6 Å². The van der Waals surface area contributed by atoms with Crippen molar-refractivity contribution in [3.63, 3.8) is 0 Å². The van der Waals surface area contributed by atoms with Gasteiger partial charge >= 0.3 is 0 Å². The predicted octanol–water partition coefficient (Wildman–Crippen LogP) is 0.906. The third-order valence-corrected chi connectivity index (χ3v) is 5.51. The Labute approximate surface area is 91.0 Å². The van der Waals surface area contributed by atoms with Crippen LogP contribution < -0.4 is 5.32 Å². The lowest BCUT2D eigenvalue weighted by Gasteiger charge is -2.10. The van der Waals surface area contributed by atoms with E-state index in [1.165, 1.54) is 0 Å². The summed E-state index contributed by atoms with van der Waals surface area (Å²) >= 11 is 1.83. The third kappa shape index (κ3) is 3.79. The fourth-order valence-corrected chi connectivity index (χ4v) is 3.92. The highest BCUT2D eigenvalue weighted by molar-refractivity contribution is 7.98. The zero-order valence-electron chi connectivity index (χ0n) is 8.66. The number of hydrogen-bond donors (Lipinski definition) is 1. The first-order chi connectivity index (χ1) is 6.67. The van der Waals surface area contributed by atoms with Gasteiger partial charge in [0, 0.05) is 6.54 Å². The van der Waals surface area contributed by atoms with Gasteiger partial charge in [-0.3, -0.25) is 0 Å². The predicted molar refractivity (Wildman–Crippen MR) is 62.7 cm³/mol. The standard InChI is InChI=1S/C9H19NO2S2/c1-13-6-3-5-10-8-9-4-2-7-14(9,11)12/h9-10H,2-8H2,1H3. The van der Waals surface area contributed by atoms with Crippen LogP contribution >= 0.6 is 11.8 Å². The van der Waals surface area contributed by atoms with E-state index in [-0.39, 0.29) is 5.25 Å². The average molecular weight is 237 g/mol. The summed E-state index contributed by atoms with van der Waals surface area (Å²) in [6.45, 7) is 1.59. The topological polar surface area (TPSA) is 46.2 Å². The van der Waals surface area contributed by atoms with Gasteiger partial charge in [0.25, 0.3) is 0 Å². The van der Waals surface area contributed by atoms with Gasteiger partial charge in [-0.15, -0.1) is 0 Å². The molecule has 0 bridgehead atoms. The van der Waals surface area contributed by atoms with Crippen LogP contribution in [0.4, 0.5) is 0 Å². The second-order valence-electron chi connectivity index (χ2n) is 3.68. The van der Waals surface area contributed by atoms with Crippen LogP contribution in [-0.2, 0) is 9.84 Å². The molecule has 0 aromatic heterocycles. The summed E-state index contributed by atoms with van der Waals surface area (Å²) in [4.78, 5) is 0. The molecule has 0 aromatic rings. The van der Waals surface area contributed by atoms with Crippen molar-refractivity contribution in [1.82, 2.24) is 5.32 Å². The minimum Gasteiger partial charge on any atom is -0.315 e. The Morgan fingerprint density at radius 3 is 2.86 bits per heavy atom. The molecule has 1 aliphatic rings. The largest absolute Gasteiger partial charge is 0.315 e. The molecule has 1 fully saturated rings. The SMILES string of the molecule is CSCCCNCC1CCCS1(=O)=O. The van der Waals surface area contributed by atoms with Gasteiger partial charge in [0.15, 0.2) is 9.84 Å². The summed E-state index contributed by atoms with van der Waals surface area (Å²) in [6.07, 6.45) is 4.90. The maximum absolute atomic E-state index is 11.4. The van der Waals surface area contributed by atoms with E-state index in [0.29, 0.717) is 12.3 Å². The van der Waals surface area contributed by atoms with Crippen molar-refractivity contribution in [3.8, 4) is 0 Å². The lowest BCUT2D eigenvalue weighted by molar-refractivity contribution is 0.573. The monoisotopic (exact) mass is 237 g/mol. The molecule has 0 aliphatic carbocycles. The number of nitrogens with one attached hydrogen (secondary N) is 1. The van der Waals surface area contributed by atoms with Gasteiger partial charge in [-0.05, 0) is 37.8 Å². The molecule has 5 heteroatoms. The molecule has 3 nitrogen and oxygen atoms in total. The minimum atomic E-state index is -2.75. The summed E-state index contributed by atoms with van der Waals surface area (Å²) in [6, 6.07) is 0. The Morgan fingerprint density at radius 1 is 1.50 bits per heavy atom. The number of hydrogen-bond acceptors (Lipinski definition) is 4. The summed E-state index contributed by atoms with van der Waals surface area (Å²) < 4.78 is 22.9. The van der Waals surface area contributed by atoms with Crippen molar-refractivity contribution in [2.75, 3.05) is 30.9 Å². The first-order valence-electron chi connectivity index (χ1n) is 5.08. The van der Waals surface area contributed by atoms with Gasteiger partial charge in [0.1, 0.15) is 0 Å². The van der Waals surface area contributed by atoms with Crippen LogP contribution in [-0.4, -0.2) is 44.5 Å². The van der Waals surface area contributed by atoms with Crippen molar-refractivity contribution in [3.05, 3.63) is 0 Å². The molecule has 84 valence electrons. The number of sulfone groups is 1. The van der Waals surface area contributed by atoms with E-state index >= 15 is 0 Å². The fourth-order valence-electron chi connectivity index (χ4n) is 1.69. The summed E-state index contributed by atoms with van der Waals surface area (Å²) in [5.41, 5.74) is 0. The summed E-state index contributed by atoms with van der Waals surface area (Å²) in [5.74, 6) is 1.54. The molecule has 0 saturated carbocycles. The van der Waals surface area contributed by atoms with Crippen molar-refractivity contribution in [2.45, 2.75) is 24.5 Å². The quantitative estimate of drug-likeness (QED) is 0.697. The van der Waals surface area contributed by atoms with Crippen LogP contribution in [0.5, 0.6) is 0 Å². The highest BCUT2D eigenvalue weighted by atomic mass is 32.2. The van der Waals surface area contributed by atoms with E-state index < -0.39 is 9.84 Å². The Morgan fingerprint density at radius 2 is 2.29 bits per heavy atom. The highest BCUT2D eigenvalue weighted by Crippen LogP contribution is 2.18. The molecule has 1 rings (SSSR count). The first kappa shape index (κ1) is 12.3. The Hall–Kier alpha value is 0.260. The molecule has 0 spiro atoms. The molecule has 14 heavy (non-hydrogen) atoms. The molecule has 1 unspecified atom stereocenters. The number of thioether (sulfide) groups is 1. The molecule has 1 aliphatic heterocycles. The molecule has 1 saturated heterocycles. The molecule has 1 atom stereocenters. The first-order valence-corrected chi connectivity index (χ1v) is 8.19. The van der Waals surface area contributed by atoms with Gasteiger partial charge < -0.3 is 5.32 Å². The maximum atomic E-state index is 11.4. The smallest absolute Gasteiger partial charge is 0.154 e. The van der Waals surface area contributed by atoms with Crippen LogP contribution in [0.2, 0.25) is 0 Å². The van der Waals surface area contributed by atoms with E-state index in [9.17, 15) is 8.42 Å². The highest BCUT2D eigenvalue weighted by Gasteiger charge is 2.30. The van der Waals surface area contributed by atoms with E-state index in [4.69, 9.17) is 0 Å². The van der Waals surface area contributed by atoms with Crippen LogP contribution in [0.1, 0.15) is 19.3 Å². The van der Waals surface area contributed by atoms with Crippen LogP contribution in [0, 0.1) is 0 Å². The maximum Gasteiger partial charge on any atom is 0.154 e. The molecular formula is C9H19NO2S2. The summed E-state index contributed by atoms with van der Waals surface area (Å²) in [7, 11) is -2.75. The van der Waals surface area contributed by atoms with Crippen LogP contribution in [0.25, 0.3) is 0 Å². The molecule has 1 heterocycles. The Kier molecular flexibility index (Phi) is 5.26. The van der Waals surface area contributed by atoms with E-state index in [0.717, 1.165) is 31.6 Å². The Bertz CT molecular complexity index is 252. The lowest BCUT2D eigenvalue weighted by atomic mass is 10.2. The summed E-state index contributed by atoms with van der Waals surface area (Å²) in [5, 5.41) is 3.11. The second-order valence-corrected chi connectivity index (χ2v) is 7.07. The lowest BCUT2D eigenvalue weighted by Crippen LogP contribution is -2.31. The van der Waals surface area contributed by atoms with E-state index in [1.807, 2.05) is 11.8 Å². The van der Waals surface area contributed by atoms with Gasteiger partial charge in [0.2, 0.25) is 0 Å². The van der Waals surface area contributed by atoms with Gasteiger partial charge in [-0.1, -0.05) is 0 Å². The second kappa shape index (κ2) is 5.98. The zero-order valence-corrected chi connectivity index (χ0v) is 10.3. The third-order valence-electron chi connectivity index (χ3n) is 2.54. The van der Waals surface area contributed by atoms with Crippen molar-refractivity contribution in [2.24, 2.45) is 0 Å². The normalized spacial score (nSPS) is 25.4. The van der Waals surface area contributed by atoms with Gasteiger partial charge in [-0.2, -0.15) is 11.8 Å². The van der Waals surface area contributed by atoms with E-state index in [1.54, 1.807) is 0 Å². The number of rotatable bonds is 6. The van der Waals surface area contributed by atoms with Crippen LogP contribution in [0.3, 0.4) is 0 Å². The van der Waals surface area contributed by atoms with Crippen LogP contribution in [0.15, 0.2) is 0 Å². The molecule has 0 aromatic carbocycles. The van der Waals surface area contributed by atoms with Crippen molar-refractivity contribution < 1.29 is 8.42 Å². The molecule has 0 radical (unpaired) electrons. The molecule has 0 amide bonds. The van der Waals surface area contributed by atoms with Crippen molar-refractivity contribution >= 4 is 21.6 Å². The molecular weight excluding hydrogens is 218 g/mol. The van der Waals surface area contributed by atoms with Crippen molar-refractivity contribution in [1.29, 1.82) is 0 Å². The molecule has 1 N–H and O–H groups in total. The van der Waals surface area contributed by atoms with Gasteiger partial charge in [0.05, 0.1) is 11.0 Å². The Balaban J connectivity index is 2.13. The van der Waals surface area contributed by atoms with Gasteiger partial charge in [-0.25, -0.2) is 8.42 Å².